The maximum Gasteiger partial charge on any atom is 0.328 e. The van der Waals surface area contributed by atoms with Crippen molar-refractivity contribution in [2.24, 2.45) is 0 Å². The Bertz CT molecular complexity index is 1810. The third-order valence-electron chi connectivity index (χ3n) is 9.21. The van der Waals surface area contributed by atoms with Crippen LogP contribution in [0.3, 0.4) is 0 Å². The fourth-order valence-electron chi connectivity index (χ4n) is 6.17. The highest BCUT2D eigenvalue weighted by Gasteiger charge is 2.25. The Balaban J connectivity index is 1.01. The number of carbonyl (C=O) groups excluding carboxylic acids is 3. The van der Waals surface area contributed by atoms with Gasteiger partial charge in [-0.15, -0.1) is 0 Å². The summed E-state index contributed by atoms with van der Waals surface area (Å²) in [7, 11) is 0. The standard InChI is InChI=1S/C36H46N10O4/c1-4-27(23-47)39-31-19-32(46-34(41-31)30(21-38-46)24(2)3)37-20-25-8-10-28(11-9-25)40-35(49)44-16-14-43(15-17-44)22-26-6-5-7-29(18-26)45-13-12-33(48)42-36(45)50/h5-11,18-19,21,24,27,37,47H,4,12-17,20,22-23H2,1-3H3,(H,39,41)(H,40,49)(H,42,48,50)/t27-/m0/s1. The van der Waals surface area contributed by atoms with Crippen LogP contribution in [-0.2, 0) is 17.9 Å². The Labute approximate surface area is 291 Å². The molecular weight excluding hydrogens is 636 g/mol. The van der Waals surface area contributed by atoms with Crippen LogP contribution >= 0.6 is 0 Å². The number of nitrogens with one attached hydrogen (secondary N) is 4. The molecule has 0 aliphatic carbocycles. The fourth-order valence-corrected chi connectivity index (χ4v) is 6.17. The topological polar surface area (TPSA) is 159 Å². The summed E-state index contributed by atoms with van der Waals surface area (Å²) in [6.07, 6.45) is 2.91. The van der Waals surface area contributed by atoms with E-state index >= 15 is 0 Å². The maximum atomic E-state index is 13.1. The number of aromatic nitrogens is 3. The van der Waals surface area contributed by atoms with Crippen LogP contribution in [0.25, 0.3) is 5.65 Å². The first-order valence-electron chi connectivity index (χ1n) is 17.3. The Hall–Kier alpha value is -5.21. The lowest BCUT2D eigenvalue weighted by molar-refractivity contribution is -0.120. The number of carbonyl (C=O) groups is 3. The molecule has 2 saturated heterocycles. The highest BCUT2D eigenvalue weighted by molar-refractivity contribution is 6.05. The molecule has 5 amide bonds. The van der Waals surface area contributed by atoms with E-state index in [1.54, 1.807) is 4.90 Å². The van der Waals surface area contributed by atoms with Gasteiger partial charge in [0.1, 0.15) is 11.6 Å². The van der Waals surface area contributed by atoms with Gasteiger partial charge in [0.2, 0.25) is 5.91 Å². The van der Waals surface area contributed by atoms with Crippen molar-refractivity contribution in [2.45, 2.75) is 58.7 Å². The average molecular weight is 683 g/mol. The SMILES string of the molecule is CC[C@@H](CO)Nc1cc(NCc2ccc(NC(=O)N3CCN(Cc4cccc(N5CCC(=O)NC5=O)c4)CC3)cc2)n2ncc(C(C)C)c2n1. The molecule has 4 heterocycles. The van der Waals surface area contributed by atoms with Crippen molar-refractivity contribution in [3.05, 3.63) is 77.5 Å². The molecule has 0 bridgehead atoms. The minimum Gasteiger partial charge on any atom is -0.394 e. The molecule has 1 atom stereocenters. The van der Waals surface area contributed by atoms with Gasteiger partial charge >= 0.3 is 12.1 Å². The molecule has 0 saturated carbocycles. The van der Waals surface area contributed by atoms with E-state index in [0.717, 1.165) is 59.0 Å². The van der Waals surface area contributed by atoms with Crippen molar-refractivity contribution in [2.75, 3.05) is 60.2 Å². The van der Waals surface area contributed by atoms with Gasteiger partial charge in [-0.3, -0.25) is 19.9 Å². The Morgan fingerprint density at radius 1 is 1.00 bits per heavy atom. The van der Waals surface area contributed by atoms with Crippen molar-refractivity contribution in [1.29, 1.82) is 0 Å². The smallest absolute Gasteiger partial charge is 0.328 e. The van der Waals surface area contributed by atoms with E-state index in [-0.39, 0.29) is 36.9 Å². The first kappa shape index (κ1) is 34.6. The van der Waals surface area contributed by atoms with Gasteiger partial charge in [0.05, 0.1) is 18.8 Å². The zero-order valence-electron chi connectivity index (χ0n) is 28.9. The van der Waals surface area contributed by atoms with Gasteiger partial charge in [0, 0.05) is 75.2 Å². The van der Waals surface area contributed by atoms with E-state index in [1.807, 2.05) is 77.1 Å². The van der Waals surface area contributed by atoms with Crippen LogP contribution < -0.4 is 26.2 Å². The second kappa shape index (κ2) is 15.6. The van der Waals surface area contributed by atoms with Gasteiger partial charge < -0.3 is 26.0 Å². The molecule has 6 rings (SSSR count). The molecule has 264 valence electrons. The van der Waals surface area contributed by atoms with Gasteiger partial charge in [-0.1, -0.05) is 45.0 Å². The van der Waals surface area contributed by atoms with Gasteiger partial charge in [-0.25, -0.2) is 14.6 Å². The number of hydrogen-bond acceptors (Lipinski definition) is 9. The van der Waals surface area contributed by atoms with Crippen LogP contribution in [0.5, 0.6) is 0 Å². The monoisotopic (exact) mass is 682 g/mol. The Kier molecular flexibility index (Phi) is 10.8. The molecule has 50 heavy (non-hydrogen) atoms. The van der Waals surface area contributed by atoms with E-state index in [9.17, 15) is 19.5 Å². The van der Waals surface area contributed by atoms with Crippen molar-refractivity contribution in [3.8, 4) is 0 Å². The number of amides is 5. The van der Waals surface area contributed by atoms with E-state index in [4.69, 9.17) is 4.98 Å². The normalized spacial score (nSPS) is 16.1. The molecule has 4 aromatic rings. The molecule has 2 aliphatic heterocycles. The third-order valence-corrected chi connectivity index (χ3v) is 9.21. The van der Waals surface area contributed by atoms with Crippen molar-refractivity contribution < 1.29 is 19.5 Å². The van der Waals surface area contributed by atoms with Gasteiger partial charge in [0.25, 0.3) is 0 Å². The first-order chi connectivity index (χ1) is 24.2. The lowest BCUT2D eigenvalue weighted by Gasteiger charge is -2.35. The van der Waals surface area contributed by atoms with Crippen LogP contribution in [-0.4, -0.2) is 92.8 Å². The number of imide groups is 1. The molecular formula is C36H46N10O4. The molecule has 14 heteroatoms. The molecule has 2 fully saturated rings. The number of rotatable bonds is 12. The van der Waals surface area contributed by atoms with Crippen LogP contribution in [0.4, 0.5) is 32.6 Å². The number of anilines is 4. The number of benzene rings is 2. The van der Waals surface area contributed by atoms with E-state index in [1.165, 1.54) is 0 Å². The number of piperazine rings is 1. The minimum atomic E-state index is -0.391. The highest BCUT2D eigenvalue weighted by Crippen LogP contribution is 2.25. The zero-order chi connectivity index (χ0) is 35.2. The Morgan fingerprint density at radius 3 is 2.48 bits per heavy atom. The summed E-state index contributed by atoms with van der Waals surface area (Å²) in [5.74, 6) is 1.47. The van der Waals surface area contributed by atoms with Crippen LogP contribution in [0.1, 0.15) is 56.2 Å². The average Bonchev–Trinajstić information content (AvgIpc) is 3.55. The lowest BCUT2D eigenvalue weighted by atomic mass is 10.1. The van der Waals surface area contributed by atoms with E-state index in [2.05, 4.69) is 45.1 Å². The number of hydrogen-bond donors (Lipinski definition) is 5. The molecule has 2 aromatic heterocycles. The highest BCUT2D eigenvalue weighted by atomic mass is 16.3. The predicted octanol–water partition coefficient (Wildman–Crippen LogP) is 4.44. The summed E-state index contributed by atoms with van der Waals surface area (Å²) in [6, 6.07) is 16.9. The summed E-state index contributed by atoms with van der Waals surface area (Å²) in [4.78, 5) is 47.4. The number of aliphatic hydroxyl groups is 1. The molecule has 2 aliphatic rings. The van der Waals surface area contributed by atoms with Crippen LogP contribution in [0.15, 0.2) is 60.8 Å². The largest absolute Gasteiger partial charge is 0.394 e. The molecule has 0 radical (unpaired) electrons. The first-order valence-corrected chi connectivity index (χ1v) is 17.3. The van der Waals surface area contributed by atoms with Crippen molar-refractivity contribution in [3.63, 3.8) is 0 Å². The van der Waals surface area contributed by atoms with Gasteiger partial charge in [0.15, 0.2) is 5.65 Å². The van der Waals surface area contributed by atoms with Crippen LogP contribution in [0, 0.1) is 0 Å². The van der Waals surface area contributed by atoms with Gasteiger partial charge in [-0.05, 0) is 47.7 Å². The van der Waals surface area contributed by atoms with Gasteiger partial charge in [-0.2, -0.15) is 9.61 Å². The van der Waals surface area contributed by atoms with E-state index in [0.29, 0.717) is 38.5 Å². The Morgan fingerprint density at radius 2 is 1.78 bits per heavy atom. The second-order valence-electron chi connectivity index (χ2n) is 13.1. The molecule has 0 spiro atoms. The second-order valence-corrected chi connectivity index (χ2v) is 13.1. The van der Waals surface area contributed by atoms with E-state index < -0.39 is 6.03 Å². The summed E-state index contributed by atoms with van der Waals surface area (Å²) >= 11 is 0. The summed E-state index contributed by atoms with van der Waals surface area (Å²) in [5.41, 5.74) is 5.42. The molecule has 2 aromatic carbocycles. The van der Waals surface area contributed by atoms with Crippen molar-refractivity contribution in [1.82, 2.24) is 29.7 Å². The molecule has 5 N–H and O–H groups in total. The number of urea groups is 2. The fraction of sp³-hybridized carbons (Fsp3) is 0.417. The third kappa shape index (κ3) is 8.14. The van der Waals surface area contributed by atoms with Crippen molar-refractivity contribution >= 4 is 46.6 Å². The number of nitrogens with zero attached hydrogens (tertiary/aromatic N) is 6. The van der Waals surface area contributed by atoms with Crippen LogP contribution in [0.2, 0.25) is 0 Å². The summed E-state index contributed by atoms with van der Waals surface area (Å²) < 4.78 is 1.81. The predicted molar refractivity (Wildman–Crippen MR) is 193 cm³/mol. The minimum absolute atomic E-state index is 0.0187. The number of fused-ring (bicyclic) bond motifs is 1. The zero-order valence-corrected chi connectivity index (χ0v) is 28.9. The maximum absolute atomic E-state index is 13.1. The number of aliphatic hydroxyl groups excluding tert-OH is 1. The quantitative estimate of drug-likeness (QED) is 0.146. The molecule has 14 nitrogen and oxygen atoms in total. The summed E-state index contributed by atoms with van der Waals surface area (Å²) in [5, 5.41) is 26.5. The lowest BCUT2D eigenvalue weighted by Crippen LogP contribution is -2.50. The molecule has 0 unspecified atom stereocenters. The summed E-state index contributed by atoms with van der Waals surface area (Å²) in [6.45, 7) is 10.5.